The van der Waals surface area contributed by atoms with E-state index in [-0.39, 0.29) is 0 Å². The van der Waals surface area contributed by atoms with Crippen molar-refractivity contribution in [3.05, 3.63) is 77.5 Å². The lowest BCUT2D eigenvalue weighted by molar-refractivity contribution is 0.100. The third-order valence-electron chi connectivity index (χ3n) is 4.87. The van der Waals surface area contributed by atoms with Crippen molar-refractivity contribution in [1.29, 1.82) is 0 Å². The molecule has 3 aromatic rings. The van der Waals surface area contributed by atoms with E-state index in [2.05, 4.69) is 46.3 Å². The molecule has 0 unspecified atom stereocenters. The molecule has 0 spiro atoms. The summed E-state index contributed by atoms with van der Waals surface area (Å²) >= 11 is 0. The lowest BCUT2D eigenvalue weighted by Gasteiger charge is -2.26. The molecule has 126 valence electrons. The SMILES string of the molecule is NC(=O)c1cccc2c(C3=CCN(Cc4ccccc4)CC3)c[nH]c12. The molecular weight excluding hydrogens is 310 g/mol. The molecule has 2 aromatic carbocycles. The van der Waals surface area contributed by atoms with E-state index >= 15 is 0 Å². The molecule has 1 aromatic heterocycles. The third kappa shape index (κ3) is 3.08. The smallest absolute Gasteiger partial charge is 0.250 e. The number of H-pyrrole nitrogens is 1. The van der Waals surface area contributed by atoms with Crippen molar-refractivity contribution in [3.63, 3.8) is 0 Å². The number of primary amides is 1. The maximum atomic E-state index is 11.6. The van der Waals surface area contributed by atoms with E-state index in [4.69, 9.17) is 5.73 Å². The number of hydrogen-bond donors (Lipinski definition) is 2. The Morgan fingerprint density at radius 1 is 1.12 bits per heavy atom. The van der Waals surface area contributed by atoms with Crippen molar-refractivity contribution in [2.24, 2.45) is 5.73 Å². The van der Waals surface area contributed by atoms with E-state index < -0.39 is 5.91 Å². The van der Waals surface area contributed by atoms with Gasteiger partial charge < -0.3 is 10.7 Å². The first-order valence-electron chi connectivity index (χ1n) is 8.58. The maximum absolute atomic E-state index is 11.6. The van der Waals surface area contributed by atoms with Gasteiger partial charge in [-0.2, -0.15) is 0 Å². The van der Waals surface area contributed by atoms with Gasteiger partial charge in [-0.15, -0.1) is 0 Å². The number of hydrogen-bond acceptors (Lipinski definition) is 2. The molecule has 4 heteroatoms. The minimum atomic E-state index is -0.398. The minimum absolute atomic E-state index is 0.398. The zero-order chi connectivity index (χ0) is 17.2. The van der Waals surface area contributed by atoms with Gasteiger partial charge in [-0.1, -0.05) is 48.5 Å². The topological polar surface area (TPSA) is 62.1 Å². The van der Waals surface area contributed by atoms with Crippen molar-refractivity contribution < 1.29 is 4.79 Å². The molecule has 0 radical (unpaired) electrons. The van der Waals surface area contributed by atoms with Gasteiger partial charge in [0.2, 0.25) is 0 Å². The van der Waals surface area contributed by atoms with Gasteiger partial charge in [0.05, 0.1) is 11.1 Å². The van der Waals surface area contributed by atoms with E-state index in [9.17, 15) is 4.79 Å². The van der Waals surface area contributed by atoms with Crippen molar-refractivity contribution >= 4 is 22.4 Å². The summed E-state index contributed by atoms with van der Waals surface area (Å²) in [5, 5.41) is 1.07. The van der Waals surface area contributed by atoms with Crippen LogP contribution in [0.5, 0.6) is 0 Å². The fraction of sp³-hybridized carbons (Fsp3) is 0.190. The van der Waals surface area contributed by atoms with Gasteiger partial charge in [-0.25, -0.2) is 0 Å². The number of benzene rings is 2. The summed E-state index contributed by atoms with van der Waals surface area (Å²) in [6.07, 6.45) is 5.29. The van der Waals surface area contributed by atoms with Gasteiger partial charge in [0.1, 0.15) is 0 Å². The fourth-order valence-corrected chi connectivity index (χ4v) is 3.57. The van der Waals surface area contributed by atoms with E-state index in [1.807, 2.05) is 18.3 Å². The summed E-state index contributed by atoms with van der Waals surface area (Å²) in [5.41, 5.74) is 10.7. The maximum Gasteiger partial charge on any atom is 0.250 e. The number of para-hydroxylation sites is 1. The molecule has 25 heavy (non-hydrogen) atoms. The molecule has 4 rings (SSSR count). The largest absolute Gasteiger partial charge is 0.366 e. The average molecular weight is 331 g/mol. The fourth-order valence-electron chi connectivity index (χ4n) is 3.57. The molecule has 0 atom stereocenters. The first-order valence-corrected chi connectivity index (χ1v) is 8.58. The van der Waals surface area contributed by atoms with E-state index in [1.54, 1.807) is 6.07 Å². The zero-order valence-corrected chi connectivity index (χ0v) is 14.0. The number of fused-ring (bicyclic) bond motifs is 1. The van der Waals surface area contributed by atoms with E-state index in [0.717, 1.165) is 37.0 Å². The van der Waals surface area contributed by atoms with Crippen LogP contribution in [0.3, 0.4) is 0 Å². The van der Waals surface area contributed by atoms with Crippen molar-refractivity contribution in [3.8, 4) is 0 Å². The summed E-state index contributed by atoms with van der Waals surface area (Å²) in [5.74, 6) is -0.398. The summed E-state index contributed by atoms with van der Waals surface area (Å²) in [6, 6.07) is 16.3. The van der Waals surface area contributed by atoms with Gasteiger partial charge in [0.15, 0.2) is 0 Å². The Balaban J connectivity index is 1.56. The van der Waals surface area contributed by atoms with Gasteiger partial charge in [0, 0.05) is 36.8 Å². The summed E-state index contributed by atoms with van der Waals surface area (Å²) in [4.78, 5) is 17.3. The minimum Gasteiger partial charge on any atom is -0.366 e. The van der Waals surface area contributed by atoms with Crippen LogP contribution < -0.4 is 5.73 Å². The lowest BCUT2D eigenvalue weighted by atomic mass is 9.97. The van der Waals surface area contributed by atoms with Crippen LogP contribution in [-0.2, 0) is 6.54 Å². The Labute approximate surface area is 146 Å². The van der Waals surface area contributed by atoms with Crippen LogP contribution in [-0.4, -0.2) is 28.9 Å². The van der Waals surface area contributed by atoms with Crippen LogP contribution in [0.4, 0.5) is 0 Å². The second kappa shape index (κ2) is 6.57. The summed E-state index contributed by atoms with van der Waals surface area (Å²) in [7, 11) is 0. The predicted octanol–water partition coefficient (Wildman–Crippen LogP) is 3.56. The van der Waals surface area contributed by atoms with Gasteiger partial charge in [-0.05, 0) is 23.6 Å². The molecule has 1 aliphatic heterocycles. The highest BCUT2D eigenvalue weighted by Gasteiger charge is 2.17. The Morgan fingerprint density at radius 2 is 1.96 bits per heavy atom. The van der Waals surface area contributed by atoms with Crippen LogP contribution in [0.1, 0.15) is 27.9 Å². The van der Waals surface area contributed by atoms with Crippen molar-refractivity contribution in [2.45, 2.75) is 13.0 Å². The van der Waals surface area contributed by atoms with Crippen LogP contribution in [0, 0.1) is 0 Å². The van der Waals surface area contributed by atoms with Gasteiger partial charge >= 0.3 is 0 Å². The van der Waals surface area contributed by atoms with Gasteiger partial charge in [-0.3, -0.25) is 9.69 Å². The molecule has 0 bridgehead atoms. The Hall–Kier alpha value is -2.85. The Morgan fingerprint density at radius 3 is 2.68 bits per heavy atom. The van der Waals surface area contributed by atoms with E-state index in [0.29, 0.717) is 5.56 Å². The molecule has 0 fully saturated rings. The highest BCUT2D eigenvalue weighted by Crippen LogP contribution is 2.30. The van der Waals surface area contributed by atoms with Gasteiger partial charge in [0.25, 0.3) is 5.91 Å². The number of nitrogens with one attached hydrogen (secondary N) is 1. The van der Waals surface area contributed by atoms with E-state index in [1.165, 1.54) is 16.7 Å². The second-order valence-electron chi connectivity index (χ2n) is 6.49. The quantitative estimate of drug-likeness (QED) is 0.768. The number of carbonyl (C=O) groups excluding carboxylic acids is 1. The molecular formula is C21H21N3O. The zero-order valence-electron chi connectivity index (χ0n) is 14.0. The predicted molar refractivity (Wildman–Crippen MR) is 101 cm³/mol. The number of aromatic amines is 1. The number of aromatic nitrogens is 1. The number of amides is 1. The Kier molecular flexibility index (Phi) is 4.12. The van der Waals surface area contributed by atoms with Crippen LogP contribution >= 0.6 is 0 Å². The first-order chi connectivity index (χ1) is 12.2. The van der Waals surface area contributed by atoms with Crippen molar-refractivity contribution in [1.82, 2.24) is 9.88 Å². The normalized spacial score (nSPS) is 15.3. The van der Waals surface area contributed by atoms with Crippen LogP contribution in [0.2, 0.25) is 0 Å². The molecule has 1 amide bonds. The molecule has 0 saturated carbocycles. The van der Waals surface area contributed by atoms with Crippen LogP contribution in [0.15, 0.2) is 60.8 Å². The molecule has 0 saturated heterocycles. The number of nitrogens with two attached hydrogens (primary N) is 1. The number of nitrogens with zero attached hydrogens (tertiary/aromatic N) is 1. The summed E-state index contributed by atoms with van der Waals surface area (Å²) < 4.78 is 0. The molecule has 4 nitrogen and oxygen atoms in total. The molecule has 3 N–H and O–H groups in total. The Bertz CT molecular complexity index is 940. The average Bonchev–Trinajstić information content (AvgIpc) is 3.07. The first kappa shape index (κ1) is 15.7. The number of carbonyl (C=O) groups is 1. The standard InChI is InChI=1S/C21H21N3O/c22-21(25)18-8-4-7-17-19(13-23-20(17)18)16-9-11-24(12-10-16)14-15-5-2-1-3-6-15/h1-9,13,23H,10-12,14H2,(H2,22,25). The highest BCUT2D eigenvalue weighted by atomic mass is 16.1. The second-order valence-corrected chi connectivity index (χ2v) is 6.49. The summed E-state index contributed by atoms with van der Waals surface area (Å²) in [6.45, 7) is 2.94. The third-order valence-corrected chi connectivity index (χ3v) is 4.87. The number of rotatable bonds is 4. The molecule has 0 aliphatic carbocycles. The van der Waals surface area contributed by atoms with Crippen LogP contribution in [0.25, 0.3) is 16.5 Å². The monoisotopic (exact) mass is 331 g/mol. The molecule has 1 aliphatic rings. The van der Waals surface area contributed by atoms with Crippen molar-refractivity contribution in [2.75, 3.05) is 13.1 Å². The highest BCUT2D eigenvalue weighted by molar-refractivity contribution is 6.07. The molecule has 2 heterocycles. The lowest BCUT2D eigenvalue weighted by Crippen LogP contribution is -2.27.